The SMILES string of the molecule is CNC(=O)c1cc2cc(-c3ccccc3)ccc2[nH]1. The lowest BCUT2D eigenvalue weighted by Gasteiger charge is -2.00. The summed E-state index contributed by atoms with van der Waals surface area (Å²) in [6.07, 6.45) is 0. The van der Waals surface area contributed by atoms with Crippen molar-refractivity contribution in [2.75, 3.05) is 7.05 Å². The second kappa shape index (κ2) is 4.61. The van der Waals surface area contributed by atoms with Crippen LogP contribution >= 0.6 is 0 Å². The van der Waals surface area contributed by atoms with E-state index >= 15 is 0 Å². The lowest BCUT2D eigenvalue weighted by molar-refractivity contribution is 0.0959. The number of amides is 1. The van der Waals surface area contributed by atoms with E-state index in [4.69, 9.17) is 0 Å². The Morgan fingerprint density at radius 3 is 2.53 bits per heavy atom. The summed E-state index contributed by atoms with van der Waals surface area (Å²) in [4.78, 5) is 14.7. The molecule has 0 aliphatic heterocycles. The van der Waals surface area contributed by atoms with Crippen LogP contribution in [-0.2, 0) is 0 Å². The zero-order valence-electron chi connectivity index (χ0n) is 10.6. The summed E-state index contributed by atoms with van der Waals surface area (Å²) in [5.74, 6) is -0.0996. The van der Waals surface area contributed by atoms with Gasteiger partial charge in [-0.1, -0.05) is 36.4 Å². The van der Waals surface area contributed by atoms with Crippen LogP contribution in [0.15, 0.2) is 54.6 Å². The molecule has 0 spiro atoms. The highest BCUT2D eigenvalue weighted by atomic mass is 16.1. The summed E-state index contributed by atoms with van der Waals surface area (Å²) in [7, 11) is 1.63. The highest BCUT2D eigenvalue weighted by molar-refractivity contribution is 5.98. The molecule has 0 radical (unpaired) electrons. The first-order chi connectivity index (χ1) is 9.28. The van der Waals surface area contributed by atoms with Crippen molar-refractivity contribution < 1.29 is 4.79 Å². The number of nitrogens with one attached hydrogen (secondary N) is 2. The number of carbonyl (C=O) groups excluding carboxylic acids is 1. The zero-order chi connectivity index (χ0) is 13.2. The lowest BCUT2D eigenvalue weighted by atomic mass is 10.0. The second-order valence-electron chi connectivity index (χ2n) is 4.43. The Hall–Kier alpha value is -2.55. The Morgan fingerprint density at radius 2 is 1.79 bits per heavy atom. The van der Waals surface area contributed by atoms with E-state index in [9.17, 15) is 4.79 Å². The van der Waals surface area contributed by atoms with Crippen LogP contribution in [0.2, 0.25) is 0 Å². The molecule has 19 heavy (non-hydrogen) atoms. The van der Waals surface area contributed by atoms with Crippen LogP contribution in [0.25, 0.3) is 22.0 Å². The first-order valence-electron chi connectivity index (χ1n) is 6.18. The molecule has 0 saturated heterocycles. The Labute approximate surface area is 111 Å². The van der Waals surface area contributed by atoms with Crippen LogP contribution in [0.5, 0.6) is 0 Å². The Balaban J connectivity index is 2.09. The standard InChI is InChI=1S/C16H14N2O/c1-17-16(19)15-10-13-9-12(7-8-14(13)18-15)11-5-3-2-4-6-11/h2-10,18H,1H3,(H,17,19). The van der Waals surface area contributed by atoms with Gasteiger partial charge >= 0.3 is 0 Å². The minimum atomic E-state index is -0.0996. The maximum absolute atomic E-state index is 11.6. The first-order valence-corrected chi connectivity index (χ1v) is 6.18. The summed E-state index contributed by atoms with van der Waals surface area (Å²) in [5.41, 5.74) is 3.88. The molecule has 2 aromatic carbocycles. The number of benzene rings is 2. The molecule has 0 unspecified atom stereocenters. The van der Waals surface area contributed by atoms with Crippen LogP contribution in [0, 0.1) is 0 Å². The van der Waals surface area contributed by atoms with E-state index < -0.39 is 0 Å². The van der Waals surface area contributed by atoms with Gasteiger partial charge in [0, 0.05) is 18.0 Å². The molecular weight excluding hydrogens is 236 g/mol. The van der Waals surface area contributed by atoms with E-state index in [1.165, 1.54) is 5.56 Å². The van der Waals surface area contributed by atoms with Crippen LogP contribution in [0.3, 0.4) is 0 Å². The minimum absolute atomic E-state index is 0.0996. The van der Waals surface area contributed by atoms with Crippen molar-refractivity contribution in [3.63, 3.8) is 0 Å². The van der Waals surface area contributed by atoms with Crippen molar-refractivity contribution in [1.29, 1.82) is 0 Å². The molecule has 1 amide bonds. The third kappa shape index (κ3) is 2.10. The van der Waals surface area contributed by atoms with Gasteiger partial charge in [-0.2, -0.15) is 0 Å². The second-order valence-corrected chi connectivity index (χ2v) is 4.43. The molecule has 0 saturated carbocycles. The zero-order valence-corrected chi connectivity index (χ0v) is 10.6. The third-order valence-corrected chi connectivity index (χ3v) is 3.20. The molecule has 0 aliphatic rings. The van der Waals surface area contributed by atoms with Gasteiger partial charge in [0.25, 0.3) is 5.91 Å². The van der Waals surface area contributed by atoms with Gasteiger partial charge in [-0.25, -0.2) is 0 Å². The van der Waals surface area contributed by atoms with Gasteiger partial charge < -0.3 is 10.3 Å². The number of hydrogen-bond acceptors (Lipinski definition) is 1. The Bertz CT molecular complexity index is 729. The van der Waals surface area contributed by atoms with Gasteiger partial charge in [0.1, 0.15) is 5.69 Å². The van der Waals surface area contributed by atoms with E-state index in [1.807, 2.05) is 30.3 Å². The smallest absolute Gasteiger partial charge is 0.267 e. The van der Waals surface area contributed by atoms with Crippen molar-refractivity contribution in [1.82, 2.24) is 10.3 Å². The average molecular weight is 250 g/mol. The average Bonchev–Trinajstić information content (AvgIpc) is 2.90. The molecule has 1 heterocycles. The fraction of sp³-hybridized carbons (Fsp3) is 0.0625. The fourth-order valence-corrected chi connectivity index (χ4v) is 2.20. The lowest BCUT2D eigenvalue weighted by Crippen LogP contribution is -2.17. The number of fused-ring (bicyclic) bond motifs is 1. The highest BCUT2D eigenvalue weighted by Crippen LogP contribution is 2.24. The number of aromatic nitrogens is 1. The topological polar surface area (TPSA) is 44.9 Å². The maximum Gasteiger partial charge on any atom is 0.267 e. The van der Waals surface area contributed by atoms with E-state index in [1.54, 1.807) is 7.05 Å². The van der Waals surface area contributed by atoms with Crippen LogP contribution in [0.1, 0.15) is 10.5 Å². The van der Waals surface area contributed by atoms with E-state index in [-0.39, 0.29) is 5.91 Å². The number of aromatic amines is 1. The molecular formula is C16H14N2O. The molecule has 3 nitrogen and oxygen atoms in total. The normalized spacial score (nSPS) is 10.6. The maximum atomic E-state index is 11.6. The predicted molar refractivity (Wildman–Crippen MR) is 77.1 cm³/mol. The van der Waals surface area contributed by atoms with Gasteiger partial charge in [-0.3, -0.25) is 4.79 Å². The summed E-state index contributed by atoms with van der Waals surface area (Å²) >= 11 is 0. The minimum Gasteiger partial charge on any atom is -0.354 e. The summed E-state index contributed by atoms with van der Waals surface area (Å²) < 4.78 is 0. The molecule has 3 rings (SSSR count). The van der Waals surface area contributed by atoms with E-state index in [0.717, 1.165) is 16.5 Å². The van der Waals surface area contributed by atoms with Crippen LogP contribution in [0.4, 0.5) is 0 Å². The number of H-pyrrole nitrogens is 1. The van der Waals surface area contributed by atoms with Gasteiger partial charge in [0.2, 0.25) is 0 Å². The van der Waals surface area contributed by atoms with Gasteiger partial charge in [-0.05, 0) is 29.3 Å². The predicted octanol–water partition coefficient (Wildman–Crippen LogP) is 3.19. The van der Waals surface area contributed by atoms with Gasteiger partial charge in [0.05, 0.1) is 0 Å². The molecule has 94 valence electrons. The van der Waals surface area contributed by atoms with Gasteiger partial charge in [-0.15, -0.1) is 0 Å². The first kappa shape index (κ1) is 11.5. The number of rotatable bonds is 2. The molecule has 0 fully saturated rings. The van der Waals surface area contributed by atoms with Gasteiger partial charge in [0.15, 0.2) is 0 Å². The fourth-order valence-electron chi connectivity index (χ4n) is 2.20. The van der Waals surface area contributed by atoms with Crippen molar-refractivity contribution in [2.45, 2.75) is 0 Å². The van der Waals surface area contributed by atoms with E-state index in [0.29, 0.717) is 5.69 Å². The Kier molecular flexibility index (Phi) is 2.80. The monoisotopic (exact) mass is 250 g/mol. The molecule has 1 aromatic heterocycles. The third-order valence-electron chi connectivity index (χ3n) is 3.20. The van der Waals surface area contributed by atoms with Crippen molar-refractivity contribution >= 4 is 16.8 Å². The van der Waals surface area contributed by atoms with Crippen molar-refractivity contribution in [2.24, 2.45) is 0 Å². The molecule has 2 N–H and O–H groups in total. The summed E-state index contributed by atoms with van der Waals surface area (Å²) in [5, 5.41) is 3.66. The molecule has 0 bridgehead atoms. The Morgan fingerprint density at radius 1 is 1.00 bits per heavy atom. The molecule has 3 heteroatoms. The molecule has 0 atom stereocenters. The summed E-state index contributed by atoms with van der Waals surface area (Å²) in [6, 6.07) is 18.2. The van der Waals surface area contributed by atoms with E-state index in [2.05, 4.69) is 34.6 Å². The van der Waals surface area contributed by atoms with Crippen LogP contribution in [-0.4, -0.2) is 17.9 Å². The number of carbonyl (C=O) groups is 1. The molecule has 0 aliphatic carbocycles. The van der Waals surface area contributed by atoms with Crippen molar-refractivity contribution in [3.8, 4) is 11.1 Å². The van der Waals surface area contributed by atoms with Crippen molar-refractivity contribution in [3.05, 3.63) is 60.3 Å². The highest BCUT2D eigenvalue weighted by Gasteiger charge is 2.08. The molecule has 3 aromatic rings. The quantitative estimate of drug-likeness (QED) is 0.720. The van der Waals surface area contributed by atoms with Crippen LogP contribution < -0.4 is 5.32 Å². The number of hydrogen-bond donors (Lipinski definition) is 2. The largest absolute Gasteiger partial charge is 0.354 e. The summed E-state index contributed by atoms with van der Waals surface area (Å²) in [6.45, 7) is 0.